The second kappa shape index (κ2) is 5.49. The van der Waals surface area contributed by atoms with Crippen LogP contribution in [0.4, 0.5) is 0 Å². The molecule has 0 aromatic heterocycles. The molecule has 1 N–H and O–H groups in total. The number of phenolic OH excluding ortho intramolecular Hbond substituents is 1. The van der Waals surface area contributed by atoms with E-state index in [0.29, 0.717) is 11.3 Å². The van der Waals surface area contributed by atoms with Gasteiger partial charge in [0, 0.05) is 21.5 Å². The van der Waals surface area contributed by atoms with Crippen molar-refractivity contribution in [2.24, 2.45) is 0 Å². The third-order valence-corrected chi connectivity index (χ3v) is 4.84. The van der Waals surface area contributed by atoms with Crippen molar-refractivity contribution in [3.8, 4) is 11.5 Å². The Bertz CT molecular complexity index is 990. The molecule has 3 nitrogen and oxygen atoms in total. The molecule has 118 valence electrons. The number of ether oxygens (including phenoxy) is 1. The van der Waals surface area contributed by atoms with Gasteiger partial charge in [0.25, 0.3) is 0 Å². The van der Waals surface area contributed by atoms with Gasteiger partial charge in [-0.25, -0.2) is 4.79 Å². The molecule has 0 bridgehead atoms. The van der Waals surface area contributed by atoms with Crippen LogP contribution in [0.15, 0.2) is 71.2 Å². The Labute approximate surface area is 147 Å². The average Bonchev–Trinajstić information content (AvgIpc) is 2.57. The Morgan fingerprint density at radius 1 is 1.04 bits per heavy atom. The Balaban J connectivity index is 2.04. The van der Waals surface area contributed by atoms with E-state index in [1.54, 1.807) is 18.2 Å². The van der Waals surface area contributed by atoms with Gasteiger partial charge in [-0.05, 0) is 46.7 Å². The number of hydrogen-bond acceptors (Lipinski definition) is 3. The van der Waals surface area contributed by atoms with Gasteiger partial charge in [0.2, 0.25) is 0 Å². The van der Waals surface area contributed by atoms with Crippen LogP contribution >= 0.6 is 15.9 Å². The lowest BCUT2D eigenvalue weighted by atomic mass is 9.81. The Morgan fingerprint density at radius 3 is 2.50 bits per heavy atom. The summed E-state index contributed by atoms with van der Waals surface area (Å²) in [6.45, 7) is 3.95. The van der Waals surface area contributed by atoms with E-state index in [-0.39, 0.29) is 11.7 Å². The molecule has 3 aromatic rings. The fraction of sp³-hybridized carbons (Fsp3) is 0.0500. The number of phenols is 1. The molecule has 1 aliphatic heterocycles. The van der Waals surface area contributed by atoms with Crippen molar-refractivity contribution in [1.82, 2.24) is 0 Å². The SMILES string of the molecule is C=C1C(=O)Oc2ccc3ccc(O)cc3c2C1c1ccc(Br)cc1. The number of carbonyl (C=O) groups is 1. The average molecular weight is 381 g/mol. The third-order valence-electron chi connectivity index (χ3n) is 4.31. The lowest BCUT2D eigenvalue weighted by Gasteiger charge is -2.28. The van der Waals surface area contributed by atoms with Crippen LogP contribution in [0.25, 0.3) is 10.8 Å². The van der Waals surface area contributed by atoms with Crippen molar-refractivity contribution in [3.63, 3.8) is 0 Å². The molecule has 0 aliphatic carbocycles. The molecule has 0 saturated carbocycles. The van der Waals surface area contributed by atoms with Crippen LogP contribution in [0.2, 0.25) is 0 Å². The number of carbonyl (C=O) groups excluding carboxylic acids is 1. The number of rotatable bonds is 1. The molecule has 4 heteroatoms. The molecule has 0 spiro atoms. The summed E-state index contributed by atoms with van der Waals surface area (Å²) in [5, 5.41) is 11.7. The van der Waals surface area contributed by atoms with Crippen LogP contribution in [-0.4, -0.2) is 11.1 Å². The molecule has 1 unspecified atom stereocenters. The van der Waals surface area contributed by atoms with Gasteiger partial charge < -0.3 is 9.84 Å². The summed E-state index contributed by atoms with van der Waals surface area (Å²) in [6.07, 6.45) is 0. The zero-order chi connectivity index (χ0) is 16.8. The molecule has 1 heterocycles. The number of aromatic hydroxyl groups is 1. The van der Waals surface area contributed by atoms with Gasteiger partial charge in [0.15, 0.2) is 0 Å². The maximum absolute atomic E-state index is 12.2. The number of hydrogen-bond donors (Lipinski definition) is 1. The van der Waals surface area contributed by atoms with Gasteiger partial charge in [0.05, 0.1) is 0 Å². The fourth-order valence-electron chi connectivity index (χ4n) is 3.18. The van der Waals surface area contributed by atoms with Crippen LogP contribution in [-0.2, 0) is 4.79 Å². The number of esters is 1. The Morgan fingerprint density at radius 2 is 1.75 bits per heavy atom. The van der Waals surface area contributed by atoms with Crippen LogP contribution in [0.1, 0.15) is 17.0 Å². The summed E-state index contributed by atoms with van der Waals surface area (Å²) in [7, 11) is 0. The second-order valence-electron chi connectivity index (χ2n) is 5.78. The first kappa shape index (κ1) is 15.0. The van der Waals surface area contributed by atoms with E-state index in [0.717, 1.165) is 26.4 Å². The van der Waals surface area contributed by atoms with Gasteiger partial charge in [0.1, 0.15) is 11.5 Å². The van der Waals surface area contributed by atoms with Crippen molar-refractivity contribution in [3.05, 3.63) is 82.3 Å². The van der Waals surface area contributed by atoms with E-state index in [1.165, 1.54) is 0 Å². The van der Waals surface area contributed by atoms with E-state index in [9.17, 15) is 9.90 Å². The lowest BCUT2D eigenvalue weighted by molar-refractivity contribution is -0.131. The predicted octanol–water partition coefficient (Wildman–Crippen LogP) is 4.92. The van der Waals surface area contributed by atoms with Crippen molar-refractivity contribution < 1.29 is 14.6 Å². The quantitative estimate of drug-likeness (QED) is 0.370. The molecular formula is C20H13BrO3. The molecule has 0 saturated heterocycles. The van der Waals surface area contributed by atoms with E-state index >= 15 is 0 Å². The van der Waals surface area contributed by atoms with Crippen molar-refractivity contribution in [1.29, 1.82) is 0 Å². The number of halogens is 1. The largest absolute Gasteiger partial charge is 0.508 e. The minimum absolute atomic E-state index is 0.174. The van der Waals surface area contributed by atoms with Gasteiger partial charge in [-0.1, -0.05) is 46.8 Å². The normalized spacial score (nSPS) is 16.8. The minimum Gasteiger partial charge on any atom is -0.508 e. The summed E-state index contributed by atoms with van der Waals surface area (Å²) in [5.41, 5.74) is 2.20. The fourth-order valence-corrected chi connectivity index (χ4v) is 3.44. The monoisotopic (exact) mass is 380 g/mol. The summed E-state index contributed by atoms with van der Waals surface area (Å²) >= 11 is 3.43. The minimum atomic E-state index is -0.421. The summed E-state index contributed by atoms with van der Waals surface area (Å²) in [4.78, 5) is 12.2. The van der Waals surface area contributed by atoms with E-state index in [1.807, 2.05) is 36.4 Å². The van der Waals surface area contributed by atoms with Gasteiger partial charge >= 0.3 is 5.97 Å². The van der Waals surface area contributed by atoms with E-state index in [4.69, 9.17) is 4.74 Å². The predicted molar refractivity (Wildman–Crippen MR) is 96.4 cm³/mol. The van der Waals surface area contributed by atoms with Gasteiger partial charge in [-0.15, -0.1) is 0 Å². The molecule has 4 rings (SSSR count). The van der Waals surface area contributed by atoms with Crippen LogP contribution in [0, 0.1) is 0 Å². The molecule has 1 aliphatic rings. The van der Waals surface area contributed by atoms with Crippen molar-refractivity contribution in [2.75, 3.05) is 0 Å². The zero-order valence-electron chi connectivity index (χ0n) is 12.6. The standard InChI is InChI=1S/C20H13BrO3/c1-11-18(13-2-6-14(21)7-3-13)19-16-10-15(22)8-4-12(16)5-9-17(19)24-20(11)23/h2-10,18,22H,1H2. The molecular weight excluding hydrogens is 368 g/mol. The molecule has 24 heavy (non-hydrogen) atoms. The molecule has 0 fully saturated rings. The van der Waals surface area contributed by atoms with Gasteiger partial charge in [-0.2, -0.15) is 0 Å². The lowest BCUT2D eigenvalue weighted by Crippen LogP contribution is -2.24. The maximum atomic E-state index is 12.2. The van der Waals surface area contributed by atoms with Crippen LogP contribution < -0.4 is 4.74 Å². The third kappa shape index (κ3) is 2.31. The number of benzene rings is 3. The van der Waals surface area contributed by atoms with Crippen molar-refractivity contribution in [2.45, 2.75) is 5.92 Å². The topological polar surface area (TPSA) is 46.5 Å². The Hall–Kier alpha value is -2.59. The van der Waals surface area contributed by atoms with Gasteiger partial charge in [-0.3, -0.25) is 0 Å². The first-order chi connectivity index (χ1) is 11.5. The summed E-state index contributed by atoms with van der Waals surface area (Å²) in [5.74, 6) is -0.0406. The highest BCUT2D eigenvalue weighted by atomic mass is 79.9. The number of fused-ring (bicyclic) bond motifs is 3. The summed E-state index contributed by atoms with van der Waals surface area (Å²) < 4.78 is 6.40. The van der Waals surface area contributed by atoms with E-state index in [2.05, 4.69) is 22.5 Å². The zero-order valence-corrected chi connectivity index (χ0v) is 14.2. The van der Waals surface area contributed by atoms with Crippen LogP contribution in [0.3, 0.4) is 0 Å². The molecule has 3 aromatic carbocycles. The first-order valence-electron chi connectivity index (χ1n) is 7.46. The van der Waals surface area contributed by atoms with Crippen LogP contribution in [0.5, 0.6) is 11.5 Å². The molecule has 0 radical (unpaired) electrons. The first-order valence-corrected chi connectivity index (χ1v) is 8.26. The highest BCUT2D eigenvalue weighted by Crippen LogP contribution is 2.45. The highest BCUT2D eigenvalue weighted by molar-refractivity contribution is 9.10. The Kier molecular flexibility index (Phi) is 3.43. The summed E-state index contributed by atoms with van der Waals surface area (Å²) in [6, 6.07) is 16.7. The smallest absolute Gasteiger partial charge is 0.339 e. The second-order valence-corrected chi connectivity index (χ2v) is 6.70. The van der Waals surface area contributed by atoms with Crippen molar-refractivity contribution >= 4 is 32.7 Å². The molecule has 1 atom stereocenters. The maximum Gasteiger partial charge on any atom is 0.339 e. The highest BCUT2D eigenvalue weighted by Gasteiger charge is 2.33. The van der Waals surface area contributed by atoms with E-state index < -0.39 is 5.97 Å². The molecule has 0 amide bonds.